The van der Waals surface area contributed by atoms with Crippen molar-refractivity contribution in [2.24, 2.45) is 5.10 Å². The van der Waals surface area contributed by atoms with Crippen molar-refractivity contribution < 1.29 is 4.63 Å². The van der Waals surface area contributed by atoms with Gasteiger partial charge in [0.2, 0.25) is 11.3 Å². The predicted octanol–water partition coefficient (Wildman–Crippen LogP) is 4.12. The summed E-state index contributed by atoms with van der Waals surface area (Å²) < 4.78 is 5.87. The molecule has 2 N–H and O–H groups in total. The summed E-state index contributed by atoms with van der Waals surface area (Å²) in [5, 5.41) is 15.0. The first kappa shape index (κ1) is 17.3. The van der Waals surface area contributed by atoms with Crippen LogP contribution in [0.4, 0.5) is 17.3 Å². The Morgan fingerprint density at radius 3 is 2.48 bits per heavy atom. The lowest BCUT2D eigenvalue weighted by atomic mass is 10.2. The highest BCUT2D eigenvalue weighted by molar-refractivity contribution is 14.1. The molecule has 4 rings (SSSR count). The van der Waals surface area contributed by atoms with Gasteiger partial charge in [-0.2, -0.15) is 10.1 Å². The lowest BCUT2D eigenvalue weighted by molar-refractivity contribution is 0.314. The van der Waals surface area contributed by atoms with Crippen LogP contribution >= 0.6 is 22.6 Å². The number of hydrogen-bond acceptors (Lipinski definition) is 8. The van der Waals surface area contributed by atoms with E-state index in [2.05, 4.69) is 58.7 Å². The van der Waals surface area contributed by atoms with Gasteiger partial charge in [0.25, 0.3) is 0 Å². The number of aryl methyl sites for hydroxylation is 1. The number of fused-ring (bicyclic) bond motifs is 1. The molecule has 134 valence electrons. The number of benzene rings is 2. The smallest absolute Gasteiger partial charge is 0.245 e. The Balaban J connectivity index is 1.62. The van der Waals surface area contributed by atoms with Crippen molar-refractivity contribution in [1.82, 2.24) is 20.3 Å². The zero-order valence-corrected chi connectivity index (χ0v) is 16.4. The minimum atomic E-state index is 0.303. The minimum absolute atomic E-state index is 0.303. The van der Waals surface area contributed by atoms with E-state index in [0.29, 0.717) is 22.9 Å². The Labute approximate surface area is 168 Å². The number of nitrogens with one attached hydrogen (secondary N) is 2. The Morgan fingerprint density at radius 2 is 1.74 bits per heavy atom. The summed E-state index contributed by atoms with van der Waals surface area (Å²) in [6.07, 6.45) is 1.71. The van der Waals surface area contributed by atoms with Gasteiger partial charge in [0, 0.05) is 9.26 Å². The highest BCUT2D eigenvalue weighted by Gasteiger charge is 2.12. The van der Waals surface area contributed by atoms with Gasteiger partial charge in [0.05, 0.1) is 6.21 Å². The Kier molecular flexibility index (Phi) is 4.92. The van der Waals surface area contributed by atoms with Crippen LogP contribution in [-0.4, -0.2) is 26.5 Å². The van der Waals surface area contributed by atoms with Crippen LogP contribution in [0.15, 0.2) is 58.3 Å². The number of rotatable bonds is 5. The summed E-state index contributed by atoms with van der Waals surface area (Å²) in [6, 6.07) is 15.9. The molecule has 2 aromatic carbocycles. The number of aromatic nitrogens is 4. The maximum absolute atomic E-state index is 4.71. The van der Waals surface area contributed by atoms with Crippen LogP contribution < -0.4 is 10.7 Å². The van der Waals surface area contributed by atoms with Gasteiger partial charge < -0.3 is 5.32 Å². The highest BCUT2D eigenvalue weighted by atomic mass is 127. The molecular weight excluding hydrogens is 457 g/mol. The Bertz CT molecular complexity index is 1110. The van der Waals surface area contributed by atoms with E-state index in [0.717, 1.165) is 20.4 Å². The van der Waals surface area contributed by atoms with E-state index in [1.165, 1.54) is 0 Å². The lowest BCUT2D eigenvalue weighted by Gasteiger charge is -2.09. The zero-order valence-electron chi connectivity index (χ0n) is 14.2. The topological polar surface area (TPSA) is 101 Å². The van der Waals surface area contributed by atoms with Crippen LogP contribution in [-0.2, 0) is 0 Å². The van der Waals surface area contributed by atoms with Crippen LogP contribution in [0.3, 0.4) is 0 Å². The molecule has 0 aliphatic heterocycles. The van der Waals surface area contributed by atoms with E-state index < -0.39 is 0 Å². The second-order valence-corrected chi connectivity index (χ2v) is 6.99. The van der Waals surface area contributed by atoms with Crippen molar-refractivity contribution in [3.8, 4) is 0 Å². The highest BCUT2D eigenvalue weighted by Crippen LogP contribution is 2.24. The molecule has 0 aliphatic carbocycles. The molecule has 8 nitrogen and oxygen atoms in total. The molecule has 0 saturated carbocycles. The average Bonchev–Trinajstić information content (AvgIpc) is 3.11. The Morgan fingerprint density at radius 1 is 1.00 bits per heavy atom. The molecule has 0 saturated heterocycles. The van der Waals surface area contributed by atoms with Gasteiger partial charge in [-0.3, -0.25) is 5.43 Å². The van der Waals surface area contributed by atoms with E-state index in [9.17, 15) is 0 Å². The molecular formula is C18H14IN7O. The van der Waals surface area contributed by atoms with Gasteiger partial charge in [-0.1, -0.05) is 24.3 Å². The van der Waals surface area contributed by atoms with Crippen LogP contribution in [0.5, 0.6) is 0 Å². The quantitative estimate of drug-likeness (QED) is 0.257. The van der Waals surface area contributed by atoms with Gasteiger partial charge in [-0.15, -0.1) is 0 Å². The molecule has 2 heterocycles. The SMILES string of the molecule is Cc1cccc(Nc2nc3nonc3nc2N/N=C\c2ccc(I)cc2)c1. The van der Waals surface area contributed by atoms with Crippen molar-refractivity contribution in [3.63, 3.8) is 0 Å². The summed E-state index contributed by atoms with van der Waals surface area (Å²) in [5.41, 5.74) is 6.51. The molecule has 27 heavy (non-hydrogen) atoms. The van der Waals surface area contributed by atoms with Crippen molar-refractivity contribution in [3.05, 3.63) is 63.2 Å². The first-order chi connectivity index (χ1) is 13.2. The number of halogens is 1. The van der Waals surface area contributed by atoms with E-state index in [1.54, 1.807) is 6.21 Å². The molecule has 0 spiro atoms. The second kappa shape index (κ2) is 7.66. The molecule has 0 bridgehead atoms. The molecule has 4 aromatic rings. The number of nitrogens with zero attached hydrogens (tertiary/aromatic N) is 5. The first-order valence-corrected chi connectivity index (χ1v) is 9.14. The Hall–Kier alpha value is -3.08. The minimum Gasteiger partial charge on any atom is -0.337 e. The predicted molar refractivity (Wildman–Crippen MR) is 112 cm³/mol. The van der Waals surface area contributed by atoms with Crippen molar-refractivity contribution >= 4 is 57.4 Å². The van der Waals surface area contributed by atoms with Crippen molar-refractivity contribution in [1.29, 1.82) is 0 Å². The van der Waals surface area contributed by atoms with E-state index in [4.69, 9.17) is 4.63 Å². The number of anilines is 3. The standard InChI is InChI=1S/C18H14IN7O/c1-11-3-2-4-14(9-11)21-15-16(23-18-17(22-15)25-27-26-18)24-20-10-12-5-7-13(19)8-6-12/h2-10H,1H3,(H,21,22,25)(H,23,24,26)/b20-10-. The molecule has 0 atom stereocenters. The van der Waals surface area contributed by atoms with Crippen LogP contribution in [0, 0.1) is 10.5 Å². The summed E-state index contributed by atoms with van der Waals surface area (Å²) in [4.78, 5) is 8.80. The third-order valence-electron chi connectivity index (χ3n) is 3.65. The summed E-state index contributed by atoms with van der Waals surface area (Å²) in [7, 11) is 0. The number of hydrazone groups is 1. The summed E-state index contributed by atoms with van der Waals surface area (Å²) in [6.45, 7) is 2.02. The van der Waals surface area contributed by atoms with Crippen molar-refractivity contribution in [2.75, 3.05) is 10.7 Å². The lowest BCUT2D eigenvalue weighted by Crippen LogP contribution is -2.03. The van der Waals surface area contributed by atoms with Crippen molar-refractivity contribution in [2.45, 2.75) is 6.92 Å². The molecule has 0 aliphatic rings. The molecule has 9 heteroatoms. The van der Waals surface area contributed by atoms with Gasteiger partial charge in [0.1, 0.15) is 0 Å². The first-order valence-electron chi connectivity index (χ1n) is 8.06. The summed E-state index contributed by atoms with van der Waals surface area (Å²) in [5.74, 6) is 0.894. The summed E-state index contributed by atoms with van der Waals surface area (Å²) >= 11 is 2.26. The average molecular weight is 471 g/mol. The fraction of sp³-hybridized carbons (Fsp3) is 0.0556. The third-order valence-corrected chi connectivity index (χ3v) is 4.37. The van der Waals surface area contributed by atoms with E-state index in [-0.39, 0.29) is 0 Å². The molecule has 2 aromatic heterocycles. The molecule has 0 fully saturated rings. The van der Waals surface area contributed by atoms with Gasteiger partial charge >= 0.3 is 0 Å². The van der Waals surface area contributed by atoms with E-state index in [1.807, 2.05) is 55.5 Å². The molecule has 0 radical (unpaired) electrons. The second-order valence-electron chi connectivity index (χ2n) is 5.75. The van der Waals surface area contributed by atoms with Gasteiger partial charge in [-0.05, 0) is 75.2 Å². The van der Waals surface area contributed by atoms with E-state index >= 15 is 0 Å². The molecule has 0 unspecified atom stereocenters. The maximum atomic E-state index is 4.71. The van der Waals surface area contributed by atoms with Gasteiger partial charge in [-0.25, -0.2) is 9.61 Å². The molecule has 0 amide bonds. The van der Waals surface area contributed by atoms with Gasteiger partial charge in [0.15, 0.2) is 11.6 Å². The fourth-order valence-electron chi connectivity index (χ4n) is 2.38. The fourth-order valence-corrected chi connectivity index (χ4v) is 2.74. The largest absolute Gasteiger partial charge is 0.337 e. The normalized spacial score (nSPS) is 11.2. The monoisotopic (exact) mass is 471 g/mol. The van der Waals surface area contributed by atoms with Crippen LogP contribution in [0.25, 0.3) is 11.3 Å². The maximum Gasteiger partial charge on any atom is 0.245 e. The number of hydrogen-bond donors (Lipinski definition) is 2. The third kappa shape index (κ3) is 4.19. The van der Waals surface area contributed by atoms with Crippen LogP contribution in [0.2, 0.25) is 0 Å². The van der Waals surface area contributed by atoms with Crippen LogP contribution in [0.1, 0.15) is 11.1 Å². The zero-order chi connectivity index (χ0) is 18.6.